The SMILES string of the molecule is CC(C)(C)n1cc(CN2C[C@@H](F)C[C@H]2CO)cn1. The number of aromatic nitrogens is 2. The average Bonchev–Trinajstić information content (AvgIpc) is 2.85. The molecular weight excluding hydrogens is 233 g/mol. The molecule has 0 aromatic carbocycles. The van der Waals surface area contributed by atoms with Crippen LogP contribution in [0, 0.1) is 0 Å². The van der Waals surface area contributed by atoms with Crippen molar-refractivity contribution in [3.63, 3.8) is 0 Å². The molecule has 2 rings (SSSR count). The summed E-state index contributed by atoms with van der Waals surface area (Å²) in [4.78, 5) is 1.99. The van der Waals surface area contributed by atoms with Gasteiger partial charge in [-0.15, -0.1) is 0 Å². The van der Waals surface area contributed by atoms with Gasteiger partial charge in [-0.2, -0.15) is 5.10 Å². The predicted octanol–water partition coefficient (Wildman–Crippen LogP) is 1.54. The van der Waals surface area contributed by atoms with E-state index in [2.05, 4.69) is 25.9 Å². The fourth-order valence-electron chi connectivity index (χ4n) is 2.35. The minimum Gasteiger partial charge on any atom is -0.395 e. The van der Waals surface area contributed by atoms with Gasteiger partial charge in [0.2, 0.25) is 0 Å². The summed E-state index contributed by atoms with van der Waals surface area (Å²) in [5, 5.41) is 13.6. The first-order valence-corrected chi connectivity index (χ1v) is 6.43. The topological polar surface area (TPSA) is 41.3 Å². The van der Waals surface area contributed by atoms with Crippen LogP contribution in [0.2, 0.25) is 0 Å². The van der Waals surface area contributed by atoms with E-state index >= 15 is 0 Å². The Morgan fingerprint density at radius 2 is 2.22 bits per heavy atom. The van der Waals surface area contributed by atoms with E-state index in [-0.39, 0.29) is 18.2 Å². The van der Waals surface area contributed by atoms with E-state index in [4.69, 9.17) is 0 Å². The molecule has 0 unspecified atom stereocenters. The quantitative estimate of drug-likeness (QED) is 0.891. The van der Waals surface area contributed by atoms with Gasteiger partial charge < -0.3 is 5.11 Å². The average molecular weight is 255 g/mol. The van der Waals surface area contributed by atoms with Crippen molar-refractivity contribution >= 4 is 0 Å². The Kier molecular flexibility index (Phi) is 3.73. The molecule has 1 aliphatic rings. The lowest BCUT2D eigenvalue weighted by Crippen LogP contribution is -2.31. The van der Waals surface area contributed by atoms with Gasteiger partial charge in [-0.05, 0) is 27.2 Å². The van der Waals surface area contributed by atoms with Crippen LogP contribution >= 0.6 is 0 Å². The van der Waals surface area contributed by atoms with Crippen LogP contribution in [0.3, 0.4) is 0 Å². The number of alkyl halides is 1. The molecule has 2 atom stereocenters. The van der Waals surface area contributed by atoms with Gasteiger partial charge in [0, 0.05) is 30.9 Å². The van der Waals surface area contributed by atoms with E-state index in [1.54, 1.807) is 0 Å². The van der Waals surface area contributed by atoms with Crippen LogP contribution in [0.25, 0.3) is 0 Å². The van der Waals surface area contributed by atoms with Gasteiger partial charge in [-0.25, -0.2) is 4.39 Å². The fourth-order valence-corrected chi connectivity index (χ4v) is 2.35. The van der Waals surface area contributed by atoms with E-state index in [0.717, 1.165) is 5.56 Å². The third kappa shape index (κ3) is 2.90. The van der Waals surface area contributed by atoms with Crippen molar-refractivity contribution < 1.29 is 9.50 Å². The molecule has 1 N–H and O–H groups in total. The molecule has 0 amide bonds. The molecule has 4 nitrogen and oxygen atoms in total. The smallest absolute Gasteiger partial charge is 0.114 e. The summed E-state index contributed by atoms with van der Waals surface area (Å²) >= 11 is 0. The van der Waals surface area contributed by atoms with Crippen LogP contribution in [0.4, 0.5) is 4.39 Å². The molecule has 1 fully saturated rings. The molecule has 102 valence electrons. The largest absolute Gasteiger partial charge is 0.395 e. The van der Waals surface area contributed by atoms with Gasteiger partial charge in [-0.1, -0.05) is 0 Å². The van der Waals surface area contributed by atoms with Gasteiger partial charge in [0.15, 0.2) is 0 Å². The normalized spacial score (nSPS) is 25.8. The Hall–Kier alpha value is -0.940. The van der Waals surface area contributed by atoms with Crippen molar-refractivity contribution in [3.05, 3.63) is 18.0 Å². The lowest BCUT2D eigenvalue weighted by Gasteiger charge is -2.21. The molecule has 1 aliphatic heterocycles. The van der Waals surface area contributed by atoms with Crippen molar-refractivity contribution in [1.29, 1.82) is 0 Å². The summed E-state index contributed by atoms with van der Waals surface area (Å²) in [6, 6.07) is -0.0574. The Morgan fingerprint density at radius 3 is 2.78 bits per heavy atom. The zero-order valence-corrected chi connectivity index (χ0v) is 11.3. The first kappa shape index (κ1) is 13.5. The van der Waals surface area contributed by atoms with E-state index < -0.39 is 6.17 Å². The first-order valence-electron chi connectivity index (χ1n) is 6.43. The first-order chi connectivity index (χ1) is 8.40. The highest BCUT2D eigenvalue weighted by atomic mass is 19.1. The van der Waals surface area contributed by atoms with Crippen molar-refractivity contribution in [2.45, 2.75) is 51.5 Å². The number of aliphatic hydroxyl groups excluding tert-OH is 1. The highest BCUT2D eigenvalue weighted by molar-refractivity contribution is 5.06. The molecule has 0 radical (unpaired) electrons. The Balaban J connectivity index is 2.03. The Labute approximate surface area is 107 Å². The minimum absolute atomic E-state index is 0.0217. The second-order valence-electron chi connectivity index (χ2n) is 6.06. The van der Waals surface area contributed by atoms with Gasteiger partial charge in [0.1, 0.15) is 6.17 Å². The molecular formula is C13H22FN3O. The zero-order valence-electron chi connectivity index (χ0n) is 11.3. The number of likely N-dealkylation sites (tertiary alicyclic amines) is 1. The highest BCUT2D eigenvalue weighted by Crippen LogP contribution is 2.23. The number of hydrogen-bond donors (Lipinski definition) is 1. The summed E-state index contributed by atoms with van der Waals surface area (Å²) in [6.45, 7) is 7.36. The number of halogens is 1. The molecule has 1 aromatic heterocycles. The molecule has 5 heteroatoms. The standard InChI is InChI=1S/C13H22FN3O/c1-13(2,3)17-7-10(5-15-17)6-16-8-11(14)4-12(16)9-18/h5,7,11-12,18H,4,6,8-9H2,1-3H3/t11-,12-/m0/s1. The Bertz CT molecular complexity index is 399. The van der Waals surface area contributed by atoms with E-state index in [9.17, 15) is 9.50 Å². The maximum Gasteiger partial charge on any atom is 0.114 e. The van der Waals surface area contributed by atoms with Crippen LogP contribution in [-0.4, -0.2) is 45.2 Å². The number of aliphatic hydroxyl groups is 1. The summed E-state index contributed by atoms with van der Waals surface area (Å²) in [6.07, 6.45) is 3.44. The van der Waals surface area contributed by atoms with Crippen LogP contribution in [0.15, 0.2) is 12.4 Å². The third-order valence-electron chi connectivity index (χ3n) is 3.40. The zero-order chi connectivity index (χ0) is 13.3. The van der Waals surface area contributed by atoms with Crippen LogP contribution < -0.4 is 0 Å². The lowest BCUT2D eigenvalue weighted by atomic mass is 10.1. The van der Waals surface area contributed by atoms with Crippen LogP contribution in [0.5, 0.6) is 0 Å². The van der Waals surface area contributed by atoms with Crippen molar-refractivity contribution in [2.24, 2.45) is 0 Å². The molecule has 1 saturated heterocycles. The van der Waals surface area contributed by atoms with Crippen LogP contribution in [-0.2, 0) is 12.1 Å². The van der Waals surface area contributed by atoms with Gasteiger partial charge in [0.05, 0.1) is 18.3 Å². The highest BCUT2D eigenvalue weighted by Gasteiger charge is 2.31. The van der Waals surface area contributed by atoms with E-state index in [1.165, 1.54) is 0 Å². The van der Waals surface area contributed by atoms with Crippen molar-refractivity contribution in [1.82, 2.24) is 14.7 Å². The number of hydrogen-bond acceptors (Lipinski definition) is 3. The molecule has 1 aromatic rings. The summed E-state index contributed by atoms with van der Waals surface area (Å²) in [7, 11) is 0. The monoisotopic (exact) mass is 255 g/mol. The van der Waals surface area contributed by atoms with E-state index in [0.29, 0.717) is 19.5 Å². The summed E-state index contributed by atoms with van der Waals surface area (Å²) < 4.78 is 15.3. The third-order valence-corrected chi connectivity index (χ3v) is 3.40. The maximum absolute atomic E-state index is 13.3. The van der Waals surface area contributed by atoms with Crippen molar-refractivity contribution in [3.8, 4) is 0 Å². The number of nitrogens with zero attached hydrogens (tertiary/aromatic N) is 3. The molecule has 0 bridgehead atoms. The van der Waals surface area contributed by atoms with E-state index in [1.807, 2.05) is 22.0 Å². The number of rotatable bonds is 3. The fraction of sp³-hybridized carbons (Fsp3) is 0.769. The molecule has 0 aliphatic carbocycles. The second kappa shape index (κ2) is 4.97. The molecule has 0 spiro atoms. The van der Waals surface area contributed by atoms with Crippen molar-refractivity contribution in [2.75, 3.05) is 13.2 Å². The molecule has 2 heterocycles. The maximum atomic E-state index is 13.3. The molecule has 0 saturated carbocycles. The molecule has 18 heavy (non-hydrogen) atoms. The summed E-state index contributed by atoms with van der Waals surface area (Å²) in [5.41, 5.74) is 1.03. The van der Waals surface area contributed by atoms with Gasteiger partial charge in [0.25, 0.3) is 0 Å². The minimum atomic E-state index is -0.820. The van der Waals surface area contributed by atoms with Crippen LogP contribution in [0.1, 0.15) is 32.8 Å². The van der Waals surface area contributed by atoms with Gasteiger partial charge in [-0.3, -0.25) is 9.58 Å². The second-order valence-corrected chi connectivity index (χ2v) is 6.06. The predicted molar refractivity (Wildman–Crippen MR) is 68.0 cm³/mol. The Morgan fingerprint density at radius 1 is 1.50 bits per heavy atom. The van der Waals surface area contributed by atoms with Gasteiger partial charge >= 0.3 is 0 Å². The summed E-state index contributed by atoms with van der Waals surface area (Å²) in [5.74, 6) is 0. The lowest BCUT2D eigenvalue weighted by molar-refractivity contribution is 0.153.